The fourth-order valence-corrected chi connectivity index (χ4v) is 5.93. The molecule has 3 aromatic carbocycles. The minimum atomic E-state index is -4.07. The number of sulfonamides is 1. The zero-order valence-corrected chi connectivity index (χ0v) is 22.6. The quantitative estimate of drug-likeness (QED) is 0.422. The predicted octanol–water partition coefficient (Wildman–Crippen LogP) is 4.61. The second-order valence-electron chi connectivity index (χ2n) is 8.34. The number of rotatable bonds is 8. The molecule has 1 aliphatic rings. The number of anilines is 1. The number of hydrogen-bond acceptors (Lipinski definition) is 6. The third kappa shape index (κ3) is 5.60. The lowest BCUT2D eigenvalue weighted by Gasteiger charge is -2.26. The predicted molar refractivity (Wildman–Crippen MR) is 140 cm³/mol. The second kappa shape index (κ2) is 10.8. The van der Waals surface area contributed by atoms with E-state index in [0.717, 1.165) is 15.4 Å². The number of hydrogen-bond donors (Lipinski definition) is 1. The average molecular weight is 575 g/mol. The minimum Gasteiger partial charge on any atom is -0.496 e. The van der Waals surface area contributed by atoms with Gasteiger partial charge in [-0.3, -0.25) is 9.10 Å². The lowest BCUT2D eigenvalue weighted by atomic mass is 10.1. The molecule has 0 unspecified atom stereocenters. The molecule has 8 nitrogen and oxygen atoms in total. The molecule has 0 radical (unpaired) electrons. The van der Waals surface area contributed by atoms with Gasteiger partial charge in [-0.2, -0.15) is 0 Å². The van der Waals surface area contributed by atoms with Crippen LogP contribution in [0.1, 0.15) is 24.1 Å². The Labute approximate surface area is 219 Å². The van der Waals surface area contributed by atoms with E-state index in [0.29, 0.717) is 40.6 Å². The molecule has 1 N–H and O–H groups in total. The Balaban J connectivity index is 1.59. The van der Waals surface area contributed by atoms with Crippen molar-refractivity contribution in [2.24, 2.45) is 0 Å². The molecule has 0 saturated heterocycles. The Morgan fingerprint density at radius 2 is 1.75 bits per heavy atom. The summed E-state index contributed by atoms with van der Waals surface area (Å²) in [6.45, 7) is 4.29. The summed E-state index contributed by atoms with van der Waals surface area (Å²) in [5.41, 5.74) is 2.17. The van der Waals surface area contributed by atoms with Crippen molar-refractivity contribution in [2.75, 3.05) is 31.2 Å². The molecule has 0 spiro atoms. The first kappa shape index (κ1) is 25.8. The maximum absolute atomic E-state index is 13.7. The van der Waals surface area contributed by atoms with Gasteiger partial charge in [0.05, 0.1) is 28.2 Å². The van der Waals surface area contributed by atoms with Crippen molar-refractivity contribution in [3.05, 3.63) is 76.3 Å². The lowest BCUT2D eigenvalue weighted by Crippen LogP contribution is -2.41. The number of carbonyl (C=O) groups excluding carboxylic acids is 1. The molecule has 0 bridgehead atoms. The zero-order chi connectivity index (χ0) is 25.9. The number of nitrogens with zero attached hydrogens (tertiary/aromatic N) is 1. The number of carbonyl (C=O) groups is 1. The summed E-state index contributed by atoms with van der Waals surface area (Å²) in [6, 6.07) is 16.5. The molecule has 0 aliphatic carbocycles. The largest absolute Gasteiger partial charge is 0.496 e. The third-order valence-corrected chi connectivity index (χ3v) is 8.15. The van der Waals surface area contributed by atoms with Crippen LogP contribution in [-0.2, 0) is 14.8 Å². The van der Waals surface area contributed by atoms with E-state index in [1.807, 2.05) is 26.0 Å². The van der Waals surface area contributed by atoms with E-state index < -0.39 is 22.5 Å². The van der Waals surface area contributed by atoms with Crippen molar-refractivity contribution < 1.29 is 27.4 Å². The van der Waals surface area contributed by atoms with Crippen molar-refractivity contribution >= 4 is 37.5 Å². The Hall–Kier alpha value is -3.24. The Kier molecular flexibility index (Phi) is 7.75. The molecule has 0 saturated carbocycles. The summed E-state index contributed by atoms with van der Waals surface area (Å²) in [4.78, 5) is 13.1. The highest BCUT2D eigenvalue weighted by atomic mass is 79.9. The van der Waals surface area contributed by atoms with Crippen LogP contribution in [0.2, 0.25) is 0 Å². The minimum absolute atomic E-state index is 0.0310. The SMILES string of the molecule is COc1ccc(S(=O)(=O)N(CC(=O)N[C@H](C)c2ccc3c(c2)OCCO3)c2ccc(C)cc2)cc1Br. The fraction of sp³-hybridized carbons (Fsp3) is 0.269. The molecule has 0 aromatic heterocycles. The molecule has 10 heteroatoms. The molecule has 3 aromatic rings. The van der Waals surface area contributed by atoms with E-state index in [4.69, 9.17) is 14.2 Å². The molecule has 1 aliphatic heterocycles. The van der Waals surface area contributed by atoms with Crippen LogP contribution in [0.5, 0.6) is 17.2 Å². The zero-order valence-electron chi connectivity index (χ0n) is 20.2. The van der Waals surface area contributed by atoms with Crippen molar-refractivity contribution in [2.45, 2.75) is 24.8 Å². The van der Waals surface area contributed by atoms with Gasteiger partial charge >= 0.3 is 0 Å². The van der Waals surface area contributed by atoms with Gasteiger partial charge in [0.2, 0.25) is 5.91 Å². The summed E-state index contributed by atoms with van der Waals surface area (Å²) in [5, 5.41) is 2.90. The Morgan fingerprint density at radius 3 is 2.42 bits per heavy atom. The van der Waals surface area contributed by atoms with Crippen LogP contribution in [0.3, 0.4) is 0 Å². The topological polar surface area (TPSA) is 94.2 Å². The summed E-state index contributed by atoms with van der Waals surface area (Å²) < 4.78 is 45.4. The first-order valence-corrected chi connectivity index (χ1v) is 13.5. The highest BCUT2D eigenvalue weighted by Gasteiger charge is 2.28. The summed E-state index contributed by atoms with van der Waals surface area (Å²) in [6.07, 6.45) is 0. The van der Waals surface area contributed by atoms with Crippen molar-refractivity contribution in [3.63, 3.8) is 0 Å². The van der Waals surface area contributed by atoms with Gasteiger partial charge in [-0.25, -0.2) is 8.42 Å². The van der Waals surface area contributed by atoms with E-state index in [2.05, 4.69) is 21.2 Å². The van der Waals surface area contributed by atoms with E-state index in [1.54, 1.807) is 36.4 Å². The molecule has 4 rings (SSSR count). The van der Waals surface area contributed by atoms with Gasteiger partial charge in [-0.15, -0.1) is 0 Å². The first-order valence-electron chi connectivity index (χ1n) is 11.3. The number of nitrogens with one attached hydrogen (secondary N) is 1. The van der Waals surface area contributed by atoms with Crippen molar-refractivity contribution in [1.82, 2.24) is 5.32 Å². The highest BCUT2D eigenvalue weighted by Crippen LogP contribution is 2.33. The van der Waals surface area contributed by atoms with Crippen molar-refractivity contribution in [3.8, 4) is 17.2 Å². The number of methoxy groups -OCH3 is 1. The smallest absolute Gasteiger partial charge is 0.264 e. The van der Waals surface area contributed by atoms with Gasteiger partial charge in [0.1, 0.15) is 25.5 Å². The van der Waals surface area contributed by atoms with Gasteiger partial charge in [0, 0.05) is 0 Å². The standard InChI is InChI=1S/C26H27BrN2O6S/c1-17-4-7-20(8-5-17)29(36(31,32)21-9-11-23(33-3)22(27)15-21)16-26(30)28-18(2)19-6-10-24-25(14-19)35-13-12-34-24/h4-11,14-15,18H,12-13,16H2,1-3H3,(H,28,30)/t18-/m1/s1. The Morgan fingerprint density at radius 1 is 1.06 bits per heavy atom. The maximum atomic E-state index is 13.7. The summed E-state index contributed by atoms with van der Waals surface area (Å²) >= 11 is 3.34. The molecular weight excluding hydrogens is 548 g/mol. The van der Waals surface area contributed by atoms with E-state index in [9.17, 15) is 13.2 Å². The number of ether oxygens (including phenoxy) is 3. The molecule has 0 fully saturated rings. The number of fused-ring (bicyclic) bond motifs is 1. The number of amides is 1. The summed E-state index contributed by atoms with van der Waals surface area (Å²) in [7, 11) is -2.57. The van der Waals surface area contributed by atoms with Crippen LogP contribution >= 0.6 is 15.9 Å². The van der Waals surface area contributed by atoms with Gasteiger partial charge in [-0.05, 0) is 77.8 Å². The molecule has 36 heavy (non-hydrogen) atoms. The second-order valence-corrected chi connectivity index (χ2v) is 11.1. The fourth-order valence-electron chi connectivity index (χ4n) is 3.79. The highest BCUT2D eigenvalue weighted by molar-refractivity contribution is 9.10. The number of benzene rings is 3. The monoisotopic (exact) mass is 574 g/mol. The maximum Gasteiger partial charge on any atom is 0.264 e. The molecule has 1 heterocycles. The van der Waals surface area contributed by atoms with Crippen LogP contribution in [0, 0.1) is 6.92 Å². The molecule has 190 valence electrons. The molecule has 1 amide bonds. The van der Waals surface area contributed by atoms with Crippen LogP contribution in [-0.4, -0.2) is 41.2 Å². The average Bonchev–Trinajstić information content (AvgIpc) is 2.87. The van der Waals surface area contributed by atoms with Crippen LogP contribution in [0.15, 0.2) is 70.0 Å². The van der Waals surface area contributed by atoms with E-state index >= 15 is 0 Å². The molecule has 1 atom stereocenters. The van der Waals surface area contributed by atoms with Gasteiger partial charge in [0.15, 0.2) is 11.5 Å². The first-order chi connectivity index (χ1) is 17.2. The van der Waals surface area contributed by atoms with Gasteiger partial charge in [-0.1, -0.05) is 23.8 Å². The van der Waals surface area contributed by atoms with E-state index in [-0.39, 0.29) is 10.9 Å². The summed E-state index contributed by atoms with van der Waals surface area (Å²) in [5.74, 6) is 1.33. The van der Waals surface area contributed by atoms with E-state index in [1.165, 1.54) is 19.2 Å². The van der Waals surface area contributed by atoms with Gasteiger partial charge < -0.3 is 19.5 Å². The van der Waals surface area contributed by atoms with Crippen LogP contribution < -0.4 is 23.8 Å². The van der Waals surface area contributed by atoms with Crippen molar-refractivity contribution in [1.29, 1.82) is 0 Å². The third-order valence-electron chi connectivity index (χ3n) is 5.76. The number of halogens is 1. The normalized spacial score (nSPS) is 13.6. The van der Waals surface area contributed by atoms with Crippen LogP contribution in [0.4, 0.5) is 5.69 Å². The Bertz CT molecular complexity index is 1360. The molecular formula is C26H27BrN2O6S. The van der Waals surface area contributed by atoms with Gasteiger partial charge in [0.25, 0.3) is 10.0 Å². The van der Waals surface area contributed by atoms with Crippen LogP contribution in [0.25, 0.3) is 0 Å². The lowest BCUT2D eigenvalue weighted by molar-refractivity contribution is -0.120. The number of aryl methyl sites for hydroxylation is 1.